The summed E-state index contributed by atoms with van der Waals surface area (Å²) in [6.45, 7) is 2.33. The fraction of sp³-hybridized carbons (Fsp3) is 0.529. The molecule has 1 N–H and O–H groups in total. The Kier molecular flexibility index (Phi) is 4.75. The van der Waals surface area contributed by atoms with Gasteiger partial charge < -0.3 is 9.88 Å². The molecule has 0 radical (unpaired) electrons. The Morgan fingerprint density at radius 2 is 1.96 bits per heavy atom. The summed E-state index contributed by atoms with van der Waals surface area (Å²) in [7, 11) is 0.948. The largest absolute Gasteiger partial charge is 0.361 e. The standard InChI is InChI=1S/C17H25N3O2S/c1-19(2)10-7-15-12-18-17-11-14(5-6-16(15)17)13-23(21,22)20-8-3-4-9-20/h5-6,11-12,18H,3-4,7-10,13H2,1-2H3. The van der Waals surface area contributed by atoms with Gasteiger partial charge in [-0.15, -0.1) is 0 Å². The minimum atomic E-state index is -3.18. The number of fused-ring (bicyclic) bond motifs is 1. The molecule has 1 aliphatic rings. The monoisotopic (exact) mass is 335 g/mol. The predicted octanol–water partition coefficient (Wildman–Crippen LogP) is 2.20. The predicted molar refractivity (Wildman–Crippen MR) is 94.0 cm³/mol. The molecule has 1 aromatic heterocycles. The van der Waals surface area contributed by atoms with Crippen LogP contribution in [0.25, 0.3) is 10.9 Å². The molecule has 0 atom stereocenters. The second-order valence-corrected chi connectivity index (χ2v) is 8.58. The average Bonchev–Trinajstić information content (AvgIpc) is 3.14. The van der Waals surface area contributed by atoms with Crippen molar-refractivity contribution in [1.29, 1.82) is 0 Å². The summed E-state index contributed by atoms with van der Waals surface area (Å²) in [6, 6.07) is 5.97. The second kappa shape index (κ2) is 6.63. The smallest absolute Gasteiger partial charge is 0.218 e. The van der Waals surface area contributed by atoms with E-state index in [-0.39, 0.29) is 5.75 Å². The number of likely N-dealkylation sites (N-methyl/N-ethyl adjacent to an activating group) is 1. The Morgan fingerprint density at radius 1 is 1.22 bits per heavy atom. The molecule has 3 rings (SSSR count). The van der Waals surface area contributed by atoms with Gasteiger partial charge in [-0.1, -0.05) is 12.1 Å². The molecular formula is C17H25N3O2S. The van der Waals surface area contributed by atoms with Crippen molar-refractivity contribution in [2.75, 3.05) is 33.7 Å². The van der Waals surface area contributed by atoms with Gasteiger partial charge in [0.05, 0.1) is 5.75 Å². The maximum atomic E-state index is 12.4. The van der Waals surface area contributed by atoms with Crippen LogP contribution in [-0.2, 0) is 22.2 Å². The van der Waals surface area contributed by atoms with Gasteiger partial charge in [0.25, 0.3) is 0 Å². The number of aromatic amines is 1. The van der Waals surface area contributed by atoms with Gasteiger partial charge in [-0.25, -0.2) is 12.7 Å². The quantitative estimate of drug-likeness (QED) is 0.880. The molecule has 0 amide bonds. The molecule has 6 heteroatoms. The fourth-order valence-electron chi connectivity index (χ4n) is 3.14. The van der Waals surface area contributed by atoms with Crippen molar-refractivity contribution in [1.82, 2.24) is 14.2 Å². The first-order valence-corrected chi connectivity index (χ1v) is 9.78. The zero-order valence-electron chi connectivity index (χ0n) is 13.9. The number of nitrogens with one attached hydrogen (secondary N) is 1. The van der Waals surface area contributed by atoms with E-state index in [0.717, 1.165) is 36.9 Å². The van der Waals surface area contributed by atoms with Gasteiger partial charge >= 0.3 is 0 Å². The van der Waals surface area contributed by atoms with Crippen LogP contribution in [-0.4, -0.2) is 56.3 Å². The van der Waals surface area contributed by atoms with Crippen LogP contribution < -0.4 is 0 Å². The van der Waals surface area contributed by atoms with Gasteiger partial charge in [0, 0.05) is 36.7 Å². The summed E-state index contributed by atoms with van der Waals surface area (Å²) < 4.78 is 26.5. The van der Waals surface area contributed by atoms with Crippen molar-refractivity contribution in [3.05, 3.63) is 35.5 Å². The van der Waals surface area contributed by atoms with Crippen molar-refractivity contribution in [2.45, 2.75) is 25.0 Å². The summed E-state index contributed by atoms with van der Waals surface area (Å²) >= 11 is 0. The Labute approximate surface area is 138 Å². The van der Waals surface area contributed by atoms with E-state index in [9.17, 15) is 8.42 Å². The second-order valence-electron chi connectivity index (χ2n) is 6.61. The van der Waals surface area contributed by atoms with Crippen LogP contribution in [0.3, 0.4) is 0 Å². The summed E-state index contributed by atoms with van der Waals surface area (Å²) in [5.74, 6) is 0.0923. The Balaban J connectivity index is 1.78. The van der Waals surface area contributed by atoms with Crippen LogP contribution in [0.5, 0.6) is 0 Å². The van der Waals surface area contributed by atoms with E-state index in [1.54, 1.807) is 4.31 Å². The van der Waals surface area contributed by atoms with Crippen LogP contribution in [0.15, 0.2) is 24.4 Å². The molecule has 1 aliphatic heterocycles. The van der Waals surface area contributed by atoms with Crippen molar-refractivity contribution in [2.24, 2.45) is 0 Å². The summed E-state index contributed by atoms with van der Waals surface area (Å²) in [5.41, 5.74) is 3.15. The van der Waals surface area contributed by atoms with Gasteiger partial charge in [0.15, 0.2) is 0 Å². The van der Waals surface area contributed by atoms with E-state index < -0.39 is 10.0 Å². The lowest BCUT2D eigenvalue weighted by Gasteiger charge is -2.15. The number of H-pyrrole nitrogens is 1. The number of sulfonamides is 1. The molecule has 0 saturated carbocycles. The molecular weight excluding hydrogens is 310 g/mol. The molecule has 1 fully saturated rings. The van der Waals surface area contributed by atoms with Crippen LogP contribution in [0.4, 0.5) is 0 Å². The van der Waals surface area contributed by atoms with Crippen LogP contribution >= 0.6 is 0 Å². The van der Waals surface area contributed by atoms with E-state index in [0.29, 0.717) is 13.1 Å². The van der Waals surface area contributed by atoms with Crippen molar-refractivity contribution in [3.63, 3.8) is 0 Å². The highest BCUT2D eigenvalue weighted by Crippen LogP contribution is 2.23. The van der Waals surface area contributed by atoms with E-state index in [1.165, 1.54) is 10.9 Å². The van der Waals surface area contributed by atoms with Crippen molar-refractivity contribution < 1.29 is 8.42 Å². The van der Waals surface area contributed by atoms with Gasteiger partial charge in [0.2, 0.25) is 10.0 Å². The molecule has 2 aromatic rings. The first-order chi connectivity index (χ1) is 11.0. The maximum absolute atomic E-state index is 12.4. The third-order valence-electron chi connectivity index (χ3n) is 4.47. The number of rotatable bonds is 6. The highest BCUT2D eigenvalue weighted by molar-refractivity contribution is 7.88. The van der Waals surface area contributed by atoms with E-state index in [1.807, 2.05) is 24.4 Å². The molecule has 0 bridgehead atoms. The molecule has 5 nitrogen and oxygen atoms in total. The Hall–Kier alpha value is -1.37. The lowest BCUT2D eigenvalue weighted by atomic mass is 10.1. The SMILES string of the molecule is CN(C)CCc1c[nH]c2cc(CS(=O)(=O)N3CCCC3)ccc12. The maximum Gasteiger partial charge on any atom is 0.218 e. The fourth-order valence-corrected chi connectivity index (χ4v) is 4.74. The first-order valence-electron chi connectivity index (χ1n) is 8.17. The highest BCUT2D eigenvalue weighted by atomic mass is 32.2. The Morgan fingerprint density at radius 3 is 2.65 bits per heavy atom. The molecule has 0 spiro atoms. The van der Waals surface area contributed by atoms with Crippen LogP contribution in [0.2, 0.25) is 0 Å². The lowest BCUT2D eigenvalue weighted by molar-refractivity contribution is 0.414. The normalized spacial score (nSPS) is 16.7. The van der Waals surface area contributed by atoms with E-state index in [2.05, 4.69) is 24.0 Å². The highest BCUT2D eigenvalue weighted by Gasteiger charge is 2.25. The molecule has 0 aliphatic carbocycles. The van der Waals surface area contributed by atoms with Crippen LogP contribution in [0.1, 0.15) is 24.0 Å². The number of benzene rings is 1. The van der Waals surface area contributed by atoms with E-state index >= 15 is 0 Å². The molecule has 23 heavy (non-hydrogen) atoms. The lowest BCUT2D eigenvalue weighted by Crippen LogP contribution is -2.29. The van der Waals surface area contributed by atoms with E-state index in [4.69, 9.17) is 0 Å². The zero-order chi connectivity index (χ0) is 16.4. The average molecular weight is 335 g/mol. The summed E-state index contributed by atoms with van der Waals surface area (Å²) in [6.07, 6.45) is 4.97. The molecule has 126 valence electrons. The molecule has 1 aromatic carbocycles. The van der Waals surface area contributed by atoms with Gasteiger partial charge in [-0.3, -0.25) is 0 Å². The third-order valence-corrected chi connectivity index (χ3v) is 6.32. The number of nitrogens with zero attached hydrogens (tertiary/aromatic N) is 2. The van der Waals surface area contributed by atoms with Crippen LogP contribution in [0, 0.1) is 0 Å². The topological polar surface area (TPSA) is 56.4 Å². The molecule has 0 unspecified atom stereocenters. The van der Waals surface area contributed by atoms with Gasteiger partial charge in [-0.2, -0.15) is 0 Å². The van der Waals surface area contributed by atoms with Gasteiger partial charge in [-0.05, 0) is 50.6 Å². The molecule has 1 saturated heterocycles. The zero-order valence-corrected chi connectivity index (χ0v) is 14.7. The minimum absolute atomic E-state index is 0.0923. The van der Waals surface area contributed by atoms with Crippen molar-refractivity contribution in [3.8, 4) is 0 Å². The van der Waals surface area contributed by atoms with Crippen molar-refractivity contribution >= 4 is 20.9 Å². The first kappa shape index (κ1) is 16.5. The minimum Gasteiger partial charge on any atom is -0.361 e. The number of aromatic nitrogens is 1. The summed E-state index contributed by atoms with van der Waals surface area (Å²) in [4.78, 5) is 5.44. The number of hydrogen-bond donors (Lipinski definition) is 1. The molecule has 2 heterocycles. The van der Waals surface area contributed by atoms with Gasteiger partial charge in [0.1, 0.15) is 0 Å². The number of hydrogen-bond acceptors (Lipinski definition) is 3. The summed E-state index contributed by atoms with van der Waals surface area (Å²) in [5, 5.41) is 1.19. The Bertz CT molecular complexity index is 774. The third kappa shape index (κ3) is 3.76.